The fraction of sp³-hybridized carbons (Fsp3) is 0.231. The van der Waals surface area contributed by atoms with Crippen LogP contribution in [0.4, 0.5) is 5.69 Å². The minimum atomic E-state index is -1.07. The predicted molar refractivity (Wildman–Crippen MR) is 67.6 cm³/mol. The number of aliphatic carboxylic acids is 1. The molecule has 0 aromatic heterocycles. The molecule has 0 fully saturated rings. The van der Waals surface area contributed by atoms with E-state index in [1.807, 2.05) is 13.8 Å². The van der Waals surface area contributed by atoms with E-state index in [2.05, 4.69) is 5.32 Å². The van der Waals surface area contributed by atoms with Crippen LogP contribution in [0.1, 0.15) is 13.8 Å². The van der Waals surface area contributed by atoms with Crippen molar-refractivity contribution in [2.24, 2.45) is 0 Å². The molecule has 0 heterocycles. The van der Waals surface area contributed by atoms with Crippen molar-refractivity contribution in [2.75, 3.05) is 11.9 Å². The minimum Gasteiger partial charge on any atom is -0.480 e. The summed E-state index contributed by atoms with van der Waals surface area (Å²) in [5.41, 5.74) is 1.32. The summed E-state index contributed by atoms with van der Waals surface area (Å²) < 4.78 is 5.07. The van der Waals surface area contributed by atoms with Gasteiger partial charge >= 0.3 is 5.97 Å². The third-order valence-corrected chi connectivity index (χ3v) is 1.92. The van der Waals surface area contributed by atoms with E-state index in [1.165, 1.54) is 6.08 Å². The molecule has 1 aromatic carbocycles. The van der Waals surface area contributed by atoms with Gasteiger partial charge in [0.2, 0.25) is 5.91 Å². The molecule has 0 atom stereocenters. The Morgan fingerprint density at radius 2 is 2.00 bits per heavy atom. The second-order valence-electron chi connectivity index (χ2n) is 3.89. The summed E-state index contributed by atoms with van der Waals surface area (Å²) >= 11 is 0. The van der Waals surface area contributed by atoms with Crippen molar-refractivity contribution in [3.8, 4) is 5.75 Å². The number of ether oxygens (including phenoxy) is 1. The molecule has 0 aliphatic rings. The Labute approximate surface area is 105 Å². The van der Waals surface area contributed by atoms with Crippen molar-refractivity contribution in [2.45, 2.75) is 13.8 Å². The number of rotatable bonds is 5. The highest BCUT2D eigenvalue weighted by Crippen LogP contribution is 2.23. The molecular weight excluding hydrogens is 234 g/mol. The van der Waals surface area contributed by atoms with Crippen LogP contribution in [0.25, 0.3) is 0 Å². The van der Waals surface area contributed by atoms with Gasteiger partial charge in [-0.25, -0.2) is 4.79 Å². The normalized spacial score (nSPS) is 9.44. The van der Waals surface area contributed by atoms with Crippen LogP contribution in [0.3, 0.4) is 0 Å². The van der Waals surface area contributed by atoms with Crippen LogP contribution in [0, 0.1) is 0 Å². The molecule has 0 aliphatic heterocycles. The van der Waals surface area contributed by atoms with E-state index >= 15 is 0 Å². The molecule has 0 bridgehead atoms. The lowest BCUT2D eigenvalue weighted by Crippen LogP contribution is -2.13. The van der Waals surface area contributed by atoms with Gasteiger partial charge in [0.05, 0.1) is 5.69 Å². The molecule has 1 rings (SSSR count). The minimum absolute atomic E-state index is 0.277. The van der Waals surface area contributed by atoms with Crippen molar-refractivity contribution in [1.29, 1.82) is 0 Å². The van der Waals surface area contributed by atoms with Gasteiger partial charge in [-0.05, 0) is 26.0 Å². The Balaban J connectivity index is 2.79. The summed E-state index contributed by atoms with van der Waals surface area (Å²) in [5.74, 6) is -1.02. The van der Waals surface area contributed by atoms with Crippen molar-refractivity contribution in [3.63, 3.8) is 0 Å². The fourth-order valence-electron chi connectivity index (χ4n) is 1.27. The van der Waals surface area contributed by atoms with E-state index in [-0.39, 0.29) is 5.91 Å². The SMILES string of the molecule is CC(C)=CC(=O)Nc1ccccc1OCC(=O)O. The quantitative estimate of drug-likeness (QED) is 0.783. The number of hydrogen-bond acceptors (Lipinski definition) is 3. The molecule has 0 saturated carbocycles. The molecule has 0 spiro atoms. The second-order valence-corrected chi connectivity index (χ2v) is 3.89. The molecule has 5 nitrogen and oxygen atoms in total. The van der Waals surface area contributed by atoms with E-state index in [1.54, 1.807) is 24.3 Å². The number of para-hydroxylation sites is 2. The third-order valence-electron chi connectivity index (χ3n) is 1.92. The molecule has 5 heteroatoms. The highest BCUT2D eigenvalue weighted by Gasteiger charge is 2.07. The number of allylic oxidation sites excluding steroid dienone is 1. The van der Waals surface area contributed by atoms with Gasteiger partial charge in [0.1, 0.15) is 5.75 Å². The molecule has 96 valence electrons. The summed E-state index contributed by atoms with van der Waals surface area (Å²) in [6, 6.07) is 6.68. The maximum Gasteiger partial charge on any atom is 0.341 e. The van der Waals surface area contributed by atoms with Gasteiger partial charge in [-0.2, -0.15) is 0 Å². The number of carboxylic acid groups (broad SMARTS) is 1. The average molecular weight is 249 g/mol. The Morgan fingerprint density at radius 1 is 1.33 bits per heavy atom. The summed E-state index contributed by atoms with van der Waals surface area (Å²) in [6.45, 7) is 3.17. The first kappa shape index (κ1) is 13.8. The van der Waals surface area contributed by atoms with E-state index in [0.29, 0.717) is 11.4 Å². The Kier molecular flexibility index (Phi) is 4.92. The average Bonchev–Trinajstić information content (AvgIpc) is 2.26. The Hall–Kier alpha value is -2.30. The number of carbonyl (C=O) groups is 2. The third kappa shape index (κ3) is 4.69. The molecule has 0 radical (unpaired) electrons. The number of benzene rings is 1. The first-order valence-corrected chi connectivity index (χ1v) is 5.38. The standard InChI is InChI=1S/C13H15NO4/c1-9(2)7-12(15)14-10-5-3-4-6-11(10)18-8-13(16)17/h3-7H,8H2,1-2H3,(H,14,15)(H,16,17). The van der Waals surface area contributed by atoms with E-state index in [0.717, 1.165) is 5.57 Å². The van der Waals surface area contributed by atoms with Crippen LogP contribution in [0.2, 0.25) is 0 Å². The Bertz CT molecular complexity index is 476. The van der Waals surface area contributed by atoms with Crippen LogP contribution in [0.5, 0.6) is 5.75 Å². The second kappa shape index (κ2) is 6.44. The molecule has 0 unspecified atom stereocenters. The van der Waals surface area contributed by atoms with Gasteiger partial charge < -0.3 is 15.2 Å². The predicted octanol–water partition coefficient (Wildman–Crippen LogP) is 2.05. The zero-order valence-electron chi connectivity index (χ0n) is 10.3. The molecule has 1 amide bonds. The van der Waals surface area contributed by atoms with E-state index in [4.69, 9.17) is 9.84 Å². The molecular formula is C13H15NO4. The number of carbonyl (C=O) groups excluding carboxylic acids is 1. The summed E-state index contributed by atoms with van der Waals surface area (Å²) in [5, 5.41) is 11.2. The highest BCUT2D eigenvalue weighted by atomic mass is 16.5. The van der Waals surface area contributed by atoms with Crippen molar-refractivity contribution >= 4 is 17.6 Å². The molecule has 1 aromatic rings. The van der Waals surface area contributed by atoms with Gasteiger partial charge in [0.15, 0.2) is 6.61 Å². The molecule has 2 N–H and O–H groups in total. The zero-order chi connectivity index (χ0) is 13.5. The van der Waals surface area contributed by atoms with Gasteiger partial charge in [0.25, 0.3) is 0 Å². The molecule has 0 aliphatic carbocycles. The smallest absolute Gasteiger partial charge is 0.341 e. The summed E-state index contributed by atoms with van der Waals surface area (Å²) in [7, 11) is 0. The number of nitrogens with one attached hydrogen (secondary N) is 1. The lowest BCUT2D eigenvalue weighted by molar-refractivity contribution is -0.139. The van der Waals surface area contributed by atoms with Gasteiger partial charge in [-0.3, -0.25) is 4.79 Å². The van der Waals surface area contributed by atoms with Crippen molar-refractivity contribution < 1.29 is 19.4 Å². The largest absolute Gasteiger partial charge is 0.480 e. The van der Waals surface area contributed by atoms with E-state index in [9.17, 15) is 9.59 Å². The van der Waals surface area contributed by atoms with Crippen LogP contribution >= 0.6 is 0 Å². The summed E-state index contributed by atoms with van der Waals surface area (Å²) in [4.78, 5) is 22.0. The fourth-order valence-corrected chi connectivity index (χ4v) is 1.27. The zero-order valence-corrected chi connectivity index (χ0v) is 10.3. The van der Waals surface area contributed by atoms with Crippen LogP contribution in [0.15, 0.2) is 35.9 Å². The number of amides is 1. The van der Waals surface area contributed by atoms with E-state index < -0.39 is 12.6 Å². The van der Waals surface area contributed by atoms with Gasteiger partial charge in [0, 0.05) is 6.08 Å². The maximum atomic E-state index is 11.6. The number of anilines is 1. The van der Waals surface area contributed by atoms with Crippen LogP contribution < -0.4 is 10.1 Å². The van der Waals surface area contributed by atoms with Gasteiger partial charge in [-0.1, -0.05) is 17.7 Å². The Morgan fingerprint density at radius 3 is 2.61 bits per heavy atom. The van der Waals surface area contributed by atoms with Gasteiger partial charge in [-0.15, -0.1) is 0 Å². The number of hydrogen-bond donors (Lipinski definition) is 2. The van der Waals surface area contributed by atoms with Crippen LogP contribution in [-0.2, 0) is 9.59 Å². The maximum absolute atomic E-state index is 11.6. The lowest BCUT2D eigenvalue weighted by Gasteiger charge is -2.10. The first-order chi connectivity index (χ1) is 8.49. The highest BCUT2D eigenvalue weighted by molar-refractivity contribution is 6.00. The summed E-state index contributed by atoms with van der Waals surface area (Å²) in [6.07, 6.45) is 1.45. The van der Waals surface area contributed by atoms with Crippen LogP contribution in [-0.4, -0.2) is 23.6 Å². The first-order valence-electron chi connectivity index (χ1n) is 5.38. The molecule has 0 saturated heterocycles. The molecule has 18 heavy (non-hydrogen) atoms. The van der Waals surface area contributed by atoms with Crippen molar-refractivity contribution in [3.05, 3.63) is 35.9 Å². The number of carboxylic acids is 1. The monoisotopic (exact) mass is 249 g/mol. The topological polar surface area (TPSA) is 75.6 Å². The lowest BCUT2D eigenvalue weighted by atomic mass is 10.2. The van der Waals surface area contributed by atoms with Crippen molar-refractivity contribution in [1.82, 2.24) is 0 Å².